The second-order valence-electron chi connectivity index (χ2n) is 6.93. The minimum absolute atomic E-state index is 0.397. The van der Waals surface area contributed by atoms with E-state index in [1.165, 1.54) is 32.1 Å². The van der Waals surface area contributed by atoms with Crippen LogP contribution in [0.5, 0.6) is 0 Å². The van der Waals surface area contributed by atoms with E-state index in [0.29, 0.717) is 29.5 Å². The van der Waals surface area contributed by atoms with Crippen molar-refractivity contribution >= 4 is 5.96 Å². The van der Waals surface area contributed by atoms with Crippen molar-refractivity contribution in [2.45, 2.75) is 71.1 Å². The summed E-state index contributed by atoms with van der Waals surface area (Å²) in [6.45, 7) is 8.21. The zero-order valence-corrected chi connectivity index (χ0v) is 13.1. The lowest BCUT2D eigenvalue weighted by Gasteiger charge is -2.57. The smallest absolute Gasteiger partial charge is 0.191 e. The average Bonchev–Trinajstić information content (AvgIpc) is 3.03. The maximum Gasteiger partial charge on any atom is 0.191 e. The highest BCUT2D eigenvalue weighted by molar-refractivity contribution is 5.80. The highest BCUT2D eigenvalue weighted by Crippen LogP contribution is 2.60. The number of rotatable bonds is 3. The fraction of sp³-hybridized carbons (Fsp3) is 0.938. The topological polar surface area (TPSA) is 45.7 Å². The van der Waals surface area contributed by atoms with Gasteiger partial charge in [-0.25, -0.2) is 0 Å². The van der Waals surface area contributed by atoms with Crippen LogP contribution in [0.15, 0.2) is 4.99 Å². The van der Waals surface area contributed by atoms with Crippen molar-refractivity contribution in [1.29, 1.82) is 0 Å². The van der Waals surface area contributed by atoms with Crippen LogP contribution in [0.25, 0.3) is 0 Å². The Morgan fingerprint density at radius 1 is 1.35 bits per heavy atom. The first-order valence-electron chi connectivity index (χ1n) is 8.36. The molecule has 1 heterocycles. The van der Waals surface area contributed by atoms with Crippen molar-refractivity contribution < 1.29 is 4.74 Å². The van der Waals surface area contributed by atoms with Gasteiger partial charge in [-0.05, 0) is 40.0 Å². The molecule has 0 bridgehead atoms. The molecule has 2 aliphatic carbocycles. The van der Waals surface area contributed by atoms with Crippen LogP contribution in [0.1, 0.15) is 52.9 Å². The molecular formula is C16H29N3O. The number of aliphatic imine (C=N–C) groups is 1. The van der Waals surface area contributed by atoms with Gasteiger partial charge in [0.25, 0.3) is 0 Å². The molecule has 2 N–H and O–H groups in total. The van der Waals surface area contributed by atoms with Gasteiger partial charge in [0.05, 0.1) is 6.10 Å². The van der Waals surface area contributed by atoms with Crippen molar-refractivity contribution in [1.82, 2.24) is 10.6 Å². The van der Waals surface area contributed by atoms with Crippen LogP contribution in [-0.2, 0) is 4.74 Å². The molecule has 3 rings (SSSR count). The van der Waals surface area contributed by atoms with Gasteiger partial charge in [0.1, 0.15) is 0 Å². The number of nitrogens with zero attached hydrogens (tertiary/aromatic N) is 1. The maximum atomic E-state index is 6.04. The number of guanidine groups is 1. The van der Waals surface area contributed by atoms with E-state index in [9.17, 15) is 0 Å². The normalized spacial score (nSPS) is 35.2. The summed E-state index contributed by atoms with van der Waals surface area (Å²) < 4.78 is 6.04. The summed E-state index contributed by atoms with van der Waals surface area (Å²) in [5, 5.41) is 7.21. The molecule has 0 radical (unpaired) electrons. The molecule has 1 aliphatic heterocycles. The predicted molar refractivity (Wildman–Crippen MR) is 81.9 cm³/mol. The molecule has 3 atom stereocenters. The van der Waals surface area contributed by atoms with E-state index in [0.717, 1.165) is 19.1 Å². The van der Waals surface area contributed by atoms with Gasteiger partial charge in [-0.1, -0.05) is 12.8 Å². The average molecular weight is 279 g/mol. The maximum absolute atomic E-state index is 6.04. The fourth-order valence-corrected chi connectivity index (χ4v) is 4.62. The van der Waals surface area contributed by atoms with Gasteiger partial charge in [0.15, 0.2) is 5.96 Å². The third-order valence-corrected chi connectivity index (χ3v) is 5.32. The van der Waals surface area contributed by atoms with E-state index in [4.69, 9.17) is 4.74 Å². The highest BCUT2D eigenvalue weighted by Gasteiger charge is 2.65. The van der Waals surface area contributed by atoms with Crippen LogP contribution < -0.4 is 10.6 Å². The highest BCUT2D eigenvalue weighted by atomic mass is 16.5. The molecule has 3 aliphatic rings. The van der Waals surface area contributed by atoms with Crippen molar-refractivity contribution in [2.75, 3.05) is 13.2 Å². The molecule has 4 heteroatoms. The number of ether oxygens (including phenoxy) is 1. The minimum Gasteiger partial charge on any atom is -0.377 e. The predicted octanol–water partition coefficient (Wildman–Crippen LogP) is 2.30. The van der Waals surface area contributed by atoms with E-state index in [-0.39, 0.29) is 0 Å². The number of hydrogen-bond donors (Lipinski definition) is 2. The first-order valence-corrected chi connectivity index (χ1v) is 8.36. The fourth-order valence-electron chi connectivity index (χ4n) is 4.62. The zero-order chi connectivity index (χ0) is 14.2. The van der Waals surface area contributed by atoms with Gasteiger partial charge in [0, 0.05) is 36.6 Å². The monoisotopic (exact) mass is 279 g/mol. The van der Waals surface area contributed by atoms with E-state index in [2.05, 4.69) is 36.4 Å². The quantitative estimate of drug-likeness (QED) is 0.615. The lowest BCUT2D eigenvalue weighted by atomic mass is 9.54. The molecule has 20 heavy (non-hydrogen) atoms. The minimum atomic E-state index is 0.397. The van der Waals surface area contributed by atoms with Crippen LogP contribution in [0, 0.1) is 11.3 Å². The van der Waals surface area contributed by atoms with Crippen molar-refractivity contribution in [3.63, 3.8) is 0 Å². The van der Waals surface area contributed by atoms with E-state index < -0.39 is 0 Å². The lowest BCUT2D eigenvalue weighted by molar-refractivity contribution is -0.125. The molecule has 2 saturated carbocycles. The molecule has 0 amide bonds. The third-order valence-electron chi connectivity index (χ3n) is 5.32. The summed E-state index contributed by atoms with van der Waals surface area (Å²) in [6, 6.07) is 0.983. The van der Waals surface area contributed by atoms with Gasteiger partial charge in [-0.15, -0.1) is 0 Å². The number of hydrogen-bond acceptors (Lipinski definition) is 2. The summed E-state index contributed by atoms with van der Waals surface area (Å²) in [6.07, 6.45) is 7.11. The zero-order valence-electron chi connectivity index (χ0n) is 13.1. The Morgan fingerprint density at radius 2 is 2.10 bits per heavy atom. The Bertz CT molecular complexity index is 374. The van der Waals surface area contributed by atoms with E-state index in [1.807, 2.05) is 0 Å². The molecule has 4 nitrogen and oxygen atoms in total. The summed E-state index contributed by atoms with van der Waals surface area (Å²) in [5.74, 6) is 1.69. The summed E-state index contributed by atoms with van der Waals surface area (Å²) in [5.41, 5.74) is 0.397. The molecule has 0 aromatic heterocycles. The Hall–Kier alpha value is -0.770. The van der Waals surface area contributed by atoms with Gasteiger partial charge in [0.2, 0.25) is 0 Å². The summed E-state index contributed by atoms with van der Waals surface area (Å²) in [4.78, 5) is 4.61. The van der Waals surface area contributed by atoms with Gasteiger partial charge >= 0.3 is 0 Å². The molecule has 1 saturated heterocycles. The first kappa shape index (κ1) is 14.2. The molecule has 0 aromatic rings. The molecule has 3 fully saturated rings. The summed E-state index contributed by atoms with van der Waals surface area (Å²) in [7, 11) is 0. The van der Waals surface area contributed by atoms with Crippen LogP contribution >= 0.6 is 0 Å². The van der Waals surface area contributed by atoms with Crippen LogP contribution in [0.3, 0.4) is 0 Å². The standard InChI is InChI=1S/C16H29N3O/c1-4-17-15(18-11(2)3)19-13-12-7-10-20-14(12)16(13)8-5-6-9-16/h11-14H,4-10H2,1-3H3,(H2,17,18,19). The Kier molecular flexibility index (Phi) is 3.93. The van der Waals surface area contributed by atoms with E-state index >= 15 is 0 Å². The SMILES string of the molecule is CCN=C(NC(C)C)NC1C2CCOC2C12CCCC2. The van der Waals surface area contributed by atoms with Gasteiger partial charge < -0.3 is 15.4 Å². The van der Waals surface area contributed by atoms with Crippen molar-refractivity contribution in [3.05, 3.63) is 0 Å². The Labute approximate surface area is 122 Å². The molecule has 3 unspecified atom stereocenters. The van der Waals surface area contributed by atoms with Gasteiger partial charge in [-0.2, -0.15) is 0 Å². The largest absolute Gasteiger partial charge is 0.377 e. The second kappa shape index (κ2) is 5.55. The Balaban J connectivity index is 1.73. The van der Waals surface area contributed by atoms with Gasteiger partial charge in [-0.3, -0.25) is 4.99 Å². The number of nitrogens with one attached hydrogen (secondary N) is 2. The first-order chi connectivity index (χ1) is 9.67. The molecular weight excluding hydrogens is 250 g/mol. The summed E-state index contributed by atoms with van der Waals surface area (Å²) >= 11 is 0. The lowest BCUT2D eigenvalue weighted by Crippen LogP contribution is -2.69. The van der Waals surface area contributed by atoms with E-state index in [1.54, 1.807) is 0 Å². The van der Waals surface area contributed by atoms with Crippen LogP contribution in [0.2, 0.25) is 0 Å². The third kappa shape index (κ3) is 2.22. The second-order valence-corrected chi connectivity index (χ2v) is 6.93. The van der Waals surface area contributed by atoms with Crippen molar-refractivity contribution in [3.8, 4) is 0 Å². The molecule has 1 spiro atoms. The molecule has 114 valence electrons. The number of fused-ring (bicyclic) bond motifs is 2. The molecule has 0 aromatic carbocycles. The van der Waals surface area contributed by atoms with Crippen LogP contribution in [0.4, 0.5) is 0 Å². The van der Waals surface area contributed by atoms with Crippen molar-refractivity contribution in [2.24, 2.45) is 16.3 Å². The Morgan fingerprint density at radius 3 is 2.75 bits per heavy atom. The van der Waals surface area contributed by atoms with Crippen LogP contribution in [-0.4, -0.2) is 37.3 Å².